The topological polar surface area (TPSA) is 3.24 Å². The van der Waals surface area contributed by atoms with Crippen LogP contribution in [-0.2, 0) is 6.54 Å². The monoisotopic (exact) mass is 299 g/mol. The molecule has 0 radical (unpaired) electrons. The van der Waals surface area contributed by atoms with Crippen LogP contribution in [0.5, 0.6) is 0 Å². The van der Waals surface area contributed by atoms with E-state index in [1.54, 1.807) is 0 Å². The van der Waals surface area contributed by atoms with E-state index in [2.05, 4.69) is 92.0 Å². The lowest BCUT2D eigenvalue weighted by Gasteiger charge is -2.30. The van der Waals surface area contributed by atoms with Crippen LogP contribution in [0.3, 0.4) is 0 Å². The number of thiol groups is 1. The fourth-order valence-corrected chi connectivity index (χ4v) is 2.88. The van der Waals surface area contributed by atoms with E-state index >= 15 is 0 Å². The predicted molar refractivity (Wildman–Crippen MR) is 95.0 cm³/mol. The zero-order valence-corrected chi connectivity index (χ0v) is 13.8. The molecule has 0 saturated heterocycles. The van der Waals surface area contributed by atoms with Crippen LogP contribution in [0.1, 0.15) is 30.9 Å². The molecular weight excluding hydrogens is 274 g/mol. The van der Waals surface area contributed by atoms with Gasteiger partial charge in [-0.1, -0.05) is 60.7 Å². The molecule has 2 rings (SSSR count). The summed E-state index contributed by atoms with van der Waals surface area (Å²) in [4.78, 5) is 2.53. The Morgan fingerprint density at radius 2 is 1.48 bits per heavy atom. The molecule has 2 heteroatoms. The first-order valence-corrected chi connectivity index (χ1v) is 8.27. The molecule has 0 amide bonds. The Hall–Kier alpha value is -1.25. The number of benzene rings is 2. The van der Waals surface area contributed by atoms with E-state index < -0.39 is 0 Å². The standard InChI is InChI=1S/C19H25NS/c1-16(2)20(13-17-9-5-3-6-10-17)14-19(15-21)18-11-7-4-8-12-18/h3-12,16,19,21H,13-15H2,1-2H3. The summed E-state index contributed by atoms with van der Waals surface area (Å²) in [7, 11) is 0. The SMILES string of the molecule is CC(C)N(Cc1ccccc1)CC(CS)c1ccccc1. The molecule has 0 aliphatic carbocycles. The molecule has 0 fully saturated rings. The molecule has 1 atom stereocenters. The van der Waals surface area contributed by atoms with E-state index in [4.69, 9.17) is 0 Å². The van der Waals surface area contributed by atoms with Crippen LogP contribution in [0.4, 0.5) is 0 Å². The fourth-order valence-electron chi connectivity index (χ4n) is 2.55. The number of hydrogen-bond donors (Lipinski definition) is 1. The highest BCUT2D eigenvalue weighted by molar-refractivity contribution is 7.80. The van der Waals surface area contributed by atoms with Gasteiger partial charge in [-0.15, -0.1) is 0 Å². The second kappa shape index (κ2) is 8.26. The maximum Gasteiger partial charge on any atom is 0.0236 e. The molecule has 2 aromatic rings. The van der Waals surface area contributed by atoms with E-state index in [1.165, 1.54) is 11.1 Å². The smallest absolute Gasteiger partial charge is 0.0236 e. The highest BCUT2D eigenvalue weighted by Gasteiger charge is 2.17. The molecule has 0 N–H and O–H groups in total. The molecule has 0 aliphatic rings. The number of rotatable bonds is 7. The average Bonchev–Trinajstić information content (AvgIpc) is 2.53. The van der Waals surface area contributed by atoms with Gasteiger partial charge in [0, 0.05) is 25.0 Å². The molecule has 0 bridgehead atoms. The zero-order valence-electron chi connectivity index (χ0n) is 12.9. The van der Waals surface area contributed by atoms with Crippen molar-refractivity contribution in [3.8, 4) is 0 Å². The van der Waals surface area contributed by atoms with Crippen LogP contribution >= 0.6 is 12.6 Å². The van der Waals surface area contributed by atoms with Crippen molar-refractivity contribution >= 4 is 12.6 Å². The Kier molecular flexibility index (Phi) is 6.34. The van der Waals surface area contributed by atoms with Crippen molar-refractivity contribution in [2.24, 2.45) is 0 Å². The maximum atomic E-state index is 4.57. The van der Waals surface area contributed by atoms with E-state index in [0.29, 0.717) is 12.0 Å². The molecule has 2 aromatic carbocycles. The van der Waals surface area contributed by atoms with Gasteiger partial charge in [-0.2, -0.15) is 12.6 Å². The Balaban J connectivity index is 2.08. The summed E-state index contributed by atoms with van der Waals surface area (Å²) in [5, 5.41) is 0. The Bertz CT molecular complexity index is 510. The van der Waals surface area contributed by atoms with Crippen molar-refractivity contribution in [3.63, 3.8) is 0 Å². The van der Waals surface area contributed by atoms with Crippen LogP contribution in [-0.4, -0.2) is 23.2 Å². The van der Waals surface area contributed by atoms with E-state index in [-0.39, 0.29) is 0 Å². The third kappa shape index (κ3) is 4.90. The van der Waals surface area contributed by atoms with Crippen LogP contribution in [0.15, 0.2) is 60.7 Å². The van der Waals surface area contributed by atoms with Crippen molar-refractivity contribution in [2.75, 3.05) is 12.3 Å². The van der Waals surface area contributed by atoms with Gasteiger partial charge in [-0.3, -0.25) is 4.90 Å². The van der Waals surface area contributed by atoms with E-state index in [0.717, 1.165) is 18.8 Å². The van der Waals surface area contributed by atoms with E-state index in [9.17, 15) is 0 Å². The summed E-state index contributed by atoms with van der Waals surface area (Å²) in [6, 6.07) is 21.9. The van der Waals surface area contributed by atoms with Crippen molar-refractivity contribution in [2.45, 2.75) is 32.4 Å². The fraction of sp³-hybridized carbons (Fsp3) is 0.368. The van der Waals surface area contributed by atoms with Gasteiger partial charge in [0.25, 0.3) is 0 Å². The second-order valence-corrected chi connectivity index (χ2v) is 6.16. The lowest BCUT2D eigenvalue weighted by atomic mass is 9.99. The van der Waals surface area contributed by atoms with Gasteiger partial charge in [0.05, 0.1) is 0 Å². The zero-order chi connectivity index (χ0) is 15.1. The van der Waals surface area contributed by atoms with Crippen LogP contribution in [0.2, 0.25) is 0 Å². The molecule has 0 saturated carbocycles. The third-order valence-electron chi connectivity index (χ3n) is 3.91. The van der Waals surface area contributed by atoms with Crippen LogP contribution in [0, 0.1) is 0 Å². The molecule has 112 valence electrons. The minimum absolute atomic E-state index is 0.473. The minimum atomic E-state index is 0.473. The van der Waals surface area contributed by atoms with Gasteiger partial charge in [0.15, 0.2) is 0 Å². The summed E-state index contributed by atoms with van der Waals surface area (Å²) in [5.41, 5.74) is 2.75. The molecule has 21 heavy (non-hydrogen) atoms. The third-order valence-corrected chi connectivity index (χ3v) is 4.35. The van der Waals surface area contributed by atoms with Crippen molar-refractivity contribution < 1.29 is 0 Å². The Morgan fingerprint density at radius 3 is 2.00 bits per heavy atom. The summed E-state index contributed by atoms with van der Waals surface area (Å²) < 4.78 is 0. The van der Waals surface area contributed by atoms with Crippen LogP contribution in [0.25, 0.3) is 0 Å². The van der Waals surface area contributed by atoms with Crippen LogP contribution < -0.4 is 0 Å². The minimum Gasteiger partial charge on any atom is -0.296 e. The molecule has 0 spiro atoms. The van der Waals surface area contributed by atoms with Gasteiger partial charge in [0.1, 0.15) is 0 Å². The van der Waals surface area contributed by atoms with Gasteiger partial charge < -0.3 is 0 Å². The second-order valence-electron chi connectivity index (χ2n) is 5.80. The highest BCUT2D eigenvalue weighted by atomic mass is 32.1. The maximum absolute atomic E-state index is 4.57. The van der Waals surface area contributed by atoms with Gasteiger partial charge in [-0.05, 0) is 30.7 Å². The molecule has 0 aromatic heterocycles. The molecular formula is C19H25NS. The number of nitrogens with zero attached hydrogens (tertiary/aromatic N) is 1. The van der Waals surface area contributed by atoms with Crippen molar-refractivity contribution in [1.29, 1.82) is 0 Å². The van der Waals surface area contributed by atoms with Crippen molar-refractivity contribution in [1.82, 2.24) is 4.90 Å². The van der Waals surface area contributed by atoms with Gasteiger partial charge >= 0.3 is 0 Å². The van der Waals surface area contributed by atoms with Gasteiger partial charge in [0.2, 0.25) is 0 Å². The summed E-state index contributed by atoms with van der Waals surface area (Å²) in [5.74, 6) is 1.35. The quantitative estimate of drug-likeness (QED) is 0.731. The Labute approximate surface area is 134 Å². The highest BCUT2D eigenvalue weighted by Crippen LogP contribution is 2.21. The molecule has 1 unspecified atom stereocenters. The number of hydrogen-bond acceptors (Lipinski definition) is 2. The molecule has 0 aliphatic heterocycles. The lowest BCUT2D eigenvalue weighted by Crippen LogP contribution is -2.34. The Morgan fingerprint density at radius 1 is 0.905 bits per heavy atom. The largest absolute Gasteiger partial charge is 0.296 e. The normalized spacial score (nSPS) is 12.8. The average molecular weight is 299 g/mol. The van der Waals surface area contributed by atoms with Gasteiger partial charge in [-0.25, -0.2) is 0 Å². The predicted octanol–water partition coefficient (Wildman–Crippen LogP) is 4.61. The molecule has 1 nitrogen and oxygen atoms in total. The first kappa shape index (κ1) is 16.1. The lowest BCUT2D eigenvalue weighted by molar-refractivity contribution is 0.203. The van der Waals surface area contributed by atoms with E-state index in [1.807, 2.05) is 0 Å². The summed E-state index contributed by atoms with van der Waals surface area (Å²) >= 11 is 4.57. The molecule has 0 heterocycles. The van der Waals surface area contributed by atoms with Crippen molar-refractivity contribution in [3.05, 3.63) is 71.8 Å². The summed E-state index contributed by atoms with van der Waals surface area (Å²) in [6.45, 7) is 6.57. The first-order valence-electron chi connectivity index (χ1n) is 7.64. The first-order chi connectivity index (χ1) is 10.2. The summed E-state index contributed by atoms with van der Waals surface area (Å²) in [6.07, 6.45) is 0.